The van der Waals surface area contributed by atoms with Crippen LogP contribution in [-0.4, -0.2) is 19.0 Å². The maximum absolute atomic E-state index is 12.2. The van der Waals surface area contributed by atoms with Crippen LogP contribution in [0.2, 0.25) is 0 Å². The molecule has 0 spiro atoms. The molecule has 0 fully saturated rings. The van der Waals surface area contributed by atoms with Gasteiger partial charge in [-0.3, -0.25) is 10.3 Å². The fraction of sp³-hybridized carbons (Fsp3) is 0.222. The summed E-state index contributed by atoms with van der Waals surface area (Å²) in [5.41, 5.74) is 3.98. The Bertz CT molecular complexity index is 675. The summed E-state index contributed by atoms with van der Waals surface area (Å²) in [6, 6.07) is 15.5. The fourth-order valence-corrected chi connectivity index (χ4v) is 2.22. The summed E-state index contributed by atoms with van der Waals surface area (Å²) in [7, 11) is 1.63. The van der Waals surface area contributed by atoms with Crippen molar-refractivity contribution in [2.75, 3.05) is 12.4 Å². The molecule has 0 unspecified atom stereocenters. The van der Waals surface area contributed by atoms with Crippen LogP contribution in [0, 0.1) is 13.8 Å². The van der Waals surface area contributed by atoms with Crippen LogP contribution in [0.5, 0.6) is 0 Å². The number of rotatable bonds is 3. The van der Waals surface area contributed by atoms with Crippen molar-refractivity contribution < 1.29 is 4.79 Å². The van der Waals surface area contributed by atoms with E-state index in [2.05, 4.69) is 20.9 Å². The molecular formula is C18H22N4O. The predicted molar refractivity (Wildman–Crippen MR) is 94.7 cm³/mol. The zero-order chi connectivity index (χ0) is 16.7. The number of para-hydroxylation sites is 1. The molecule has 0 aliphatic rings. The lowest BCUT2D eigenvalue weighted by atomic mass is 10.1. The second kappa shape index (κ2) is 7.98. The number of amides is 2. The standard InChI is InChI=1S/C18H22N4O/c1-13-8-7-9-14(2)16(13)21-18(23)22-17(19-3)20-12-15-10-5-4-6-11-15/h4-11H,12H2,1-3H3,(H3,19,20,21,22,23). The van der Waals surface area contributed by atoms with Crippen molar-refractivity contribution in [3.05, 3.63) is 65.2 Å². The molecule has 2 aromatic carbocycles. The highest BCUT2D eigenvalue weighted by molar-refractivity contribution is 6.02. The minimum atomic E-state index is -0.316. The van der Waals surface area contributed by atoms with Crippen molar-refractivity contribution in [1.82, 2.24) is 10.6 Å². The molecule has 2 aromatic rings. The first-order valence-corrected chi connectivity index (χ1v) is 7.49. The number of carbonyl (C=O) groups excluding carboxylic acids is 1. The Balaban J connectivity index is 1.92. The molecule has 0 bridgehead atoms. The predicted octanol–water partition coefficient (Wildman–Crippen LogP) is 3.20. The average molecular weight is 310 g/mol. The third-order valence-corrected chi connectivity index (χ3v) is 3.48. The van der Waals surface area contributed by atoms with Gasteiger partial charge >= 0.3 is 6.03 Å². The third-order valence-electron chi connectivity index (χ3n) is 3.48. The number of urea groups is 1. The summed E-state index contributed by atoms with van der Waals surface area (Å²) in [6.45, 7) is 4.52. The topological polar surface area (TPSA) is 65.5 Å². The van der Waals surface area contributed by atoms with E-state index in [1.807, 2.05) is 62.4 Å². The first kappa shape index (κ1) is 16.5. The van der Waals surface area contributed by atoms with E-state index in [0.29, 0.717) is 12.5 Å². The van der Waals surface area contributed by atoms with E-state index in [0.717, 1.165) is 22.4 Å². The molecule has 0 saturated carbocycles. The first-order valence-electron chi connectivity index (χ1n) is 7.49. The van der Waals surface area contributed by atoms with Crippen LogP contribution in [0.4, 0.5) is 10.5 Å². The quantitative estimate of drug-likeness (QED) is 0.602. The van der Waals surface area contributed by atoms with Crippen LogP contribution in [0.15, 0.2) is 53.5 Å². The van der Waals surface area contributed by atoms with Crippen molar-refractivity contribution in [3.8, 4) is 0 Å². The van der Waals surface area contributed by atoms with Crippen LogP contribution < -0.4 is 16.0 Å². The SMILES string of the molecule is CN=C(NCc1ccccc1)NC(=O)Nc1c(C)cccc1C. The van der Waals surface area contributed by atoms with Gasteiger partial charge in [0.05, 0.1) is 0 Å². The normalized spacial score (nSPS) is 11.0. The Morgan fingerprint density at radius 1 is 1.00 bits per heavy atom. The van der Waals surface area contributed by atoms with Gasteiger partial charge in [0.2, 0.25) is 0 Å². The molecular weight excluding hydrogens is 288 g/mol. The van der Waals surface area contributed by atoms with Crippen molar-refractivity contribution in [3.63, 3.8) is 0 Å². The second-order valence-corrected chi connectivity index (χ2v) is 5.26. The van der Waals surface area contributed by atoms with E-state index in [1.54, 1.807) is 7.05 Å². The Labute approximate surface area is 136 Å². The lowest BCUT2D eigenvalue weighted by Crippen LogP contribution is -2.42. The molecule has 3 N–H and O–H groups in total. The minimum absolute atomic E-state index is 0.316. The van der Waals surface area contributed by atoms with Gasteiger partial charge in [0.15, 0.2) is 5.96 Å². The van der Waals surface area contributed by atoms with E-state index in [9.17, 15) is 4.79 Å². The molecule has 0 aliphatic carbocycles. The number of guanidine groups is 1. The van der Waals surface area contributed by atoms with Crippen LogP contribution in [-0.2, 0) is 6.54 Å². The second-order valence-electron chi connectivity index (χ2n) is 5.26. The van der Waals surface area contributed by atoms with Crippen LogP contribution in [0.3, 0.4) is 0 Å². The molecule has 0 radical (unpaired) electrons. The number of hydrogen-bond donors (Lipinski definition) is 3. The molecule has 0 aromatic heterocycles. The fourth-order valence-electron chi connectivity index (χ4n) is 2.22. The van der Waals surface area contributed by atoms with Crippen LogP contribution in [0.25, 0.3) is 0 Å². The smallest absolute Gasteiger partial charge is 0.326 e. The molecule has 0 atom stereocenters. The molecule has 23 heavy (non-hydrogen) atoms. The molecule has 0 heterocycles. The molecule has 5 heteroatoms. The number of aliphatic imine (C=N–C) groups is 1. The van der Waals surface area contributed by atoms with Crippen LogP contribution >= 0.6 is 0 Å². The van der Waals surface area contributed by atoms with Gasteiger partial charge in [-0.1, -0.05) is 48.5 Å². The molecule has 0 aliphatic heterocycles. The molecule has 120 valence electrons. The number of hydrogen-bond acceptors (Lipinski definition) is 2. The molecule has 5 nitrogen and oxygen atoms in total. The Hall–Kier alpha value is -2.82. The summed E-state index contributed by atoms with van der Waals surface area (Å²) < 4.78 is 0. The Morgan fingerprint density at radius 2 is 1.65 bits per heavy atom. The minimum Gasteiger partial charge on any atom is -0.352 e. The van der Waals surface area contributed by atoms with Gasteiger partial charge in [-0.25, -0.2) is 4.79 Å². The monoisotopic (exact) mass is 310 g/mol. The lowest BCUT2D eigenvalue weighted by Gasteiger charge is -2.14. The summed E-state index contributed by atoms with van der Waals surface area (Å²) in [5.74, 6) is 0.428. The maximum atomic E-state index is 12.2. The average Bonchev–Trinajstić information content (AvgIpc) is 2.56. The molecule has 0 saturated heterocycles. The Kier molecular flexibility index (Phi) is 5.74. The van der Waals surface area contributed by atoms with Gasteiger partial charge in [-0.15, -0.1) is 0 Å². The van der Waals surface area contributed by atoms with Gasteiger partial charge in [-0.05, 0) is 30.5 Å². The van der Waals surface area contributed by atoms with Gasteiger partial charge in [0.1, 0.15) is 0 Å². The zero-order valence-electron chi connectivity index (χ0n) is 13.7. The van der Waals surface area contributed by atoms with Crippen molar-refractivity contribution >= 4 is 17.7 Å². The summed E-state index contributed by atoms with van der Waals surface area (Å²) in [6.07, 6.45) is 0. The number of aryl methyl sites for hydroxylation is 2. The molecule has 2 amide bonds. The van der Waals surface area contributed by atoms with E-state index >= 15 is 0 Å². The highest BCUT2D eigenvalue weighted by Gasteiger charge is 2.09. The van der Waals surface area contributed by atoms with E-state index < -0.39 is 0 Å². The summed E-state index contributed by atoms with van der Waals surface area (Å²) >= 11 is 0. The van der Waals surface area contributed by atoms with E-state index in [-0.39, 0.29) is 6.03 Å². The first-order chi connectivity index (χ1) is 11.1. The van der Waals surface area contributed by atoms with E-state index in [1.165, 1.54) is 0 Å². The van der Waals surface area contributed by atoms with Gasteiger partial charge in [0, 0.05) is 19.3 Å². The summed E-state index contributed by atoms with van der Waals surface area (Å²) in [5, 5.41) is 8.71. The van der Waals surface area contributed by atoms with Crippen molar-refractivity contribution in [2.24, 2.45) is 4.99 Å². The van der Waals surface area contributed by atoms with Gasteiger partial charge in [-0.2, -0.15) is 0 Å². The number of anilines is 1. The third kappa shape index (κ3) is 4.85. The lowest BCUT2D eigenvalue weighted by molar-refractivity contribution is 0.256. The van der Waals surface area contributed by atoms with E-state index in [4.69, 9.17) is 0 Å². The van der Waals surface area contributed by atoms with Crippen LogP contribution in [0.1, 0.15) is 16.7 Å². The molecule has 2 rings (SSSR count). The van der Waals surface area contributed by atoms with Crippen molar-refractivity contribution in [1.29, 1.82) is 0 Å². The number of carbonyl (C=O) groups is 1. The van der Waals surface area contributed by atoms with Gasteiger partial charge in [0.25, 0.3) is 0 Å². The Morgan fingerprint density at radius 3 is 2.26 bits per heavy atom. The number of nitrogens with zero attached hydrogens (tertiary/aromatic N) is 1. The largest absolute Gasteiger partial charge is 0.352 e. The van der Waals surface area contributed by atoms with Gasteiger partial charge < -0.3 is 10.6 Å². The highest BCUT2D eigenvalue weighted by atomic mass is 16.2. The van der Waals surface area contributed by atoms with Crippen molar-refractivity contribution in [2.45, 2.75) is 20.4 Å². The highest BCUT2D eigenvalue weighted by Crippen LogP contribution is 2.18. The zero-order valence-corrected chi connectivity index (χ0v) is 13.7. The summed E-state index contributed by atoms with van der Waals surface area (Å²) in [4.78, 5) is 16.2. The maximum Gasteiger partial charge on any atom is 0.326 e. The number of benzene rings is 2. The number of nitrogens with one attached hydrogen (secondary N) is 3.